The van der Waals surface area contributed by atoms with Crippen LogP contribution in [-0.4, -0.2) is 10.9 Å². The SMILES string of the molecule is O=C(c1ccc(-c2ccccc2)s1)c1c(F)ccc(O)c1F. The molecule has 1 aromatic heterocycles. The van der Waals surface area contributed by atoms with Gasteiger partial charge in [-0.15, -0.1) is 11.3 Å². The number of hydrogen-bond acceptors (Lipinski definition) is 3. The van der Waals surface area contributed by atoms with Crippen LogP contribution in [0.2, 0.25) is 0 Å². The van der Waals surface area contributed by atoms with E-state index in [1.54, 1.807) is 6.07 Å². The number of hydrogen-bond donors (Lipinski definition) is 1. The summed E-state index contributed by atoms with van der Waals surface area (Å²) in [5, 5.41) is 9.31. The highest BCUT2D eigenvalue weighted by Crippen LogP contribution is 2.31. The van der Waals surface area contributed by atoms with Crippen LogP contribution in [0.3, 0.4) is 0 Å². The van der Waals surface area contributed by atoms with Crippen LogP contribution in [0.25, 0.3) is 10.4 Å². The van der Waals surface area contributed by atoms with Gasteiger partial charge in [0, 0.05) is 4.88 Å². The highest BCUT2D eigenvalue weighted by atomic mass is 32.1. The molecule has 0 bridgehead atoms. The van der Waals surface area contributed by atoms with Gasteiger partial charge < -0.3 is 5.11 Å². The van der Waals surface area contributed by atoms with Crippen molar-refractivity contribution in [2.24, 2.45) is 0 Å². The molecule has 0 fully saturated rings. The molecular formula is C17H10F2O2S. The molecule has 0 saturated carbocycles. The molecule has 0 radical (unpaired) electrons. The number of aromatic hydroxyl groups is 1. The highest BCUT2D eigenvalue weighted by Gasteiger charge is 2.23. The van der Waals surface area contributed by atoms with E-state index < -0.39 is 28.7 Å². The van der Waals surface area contributed by atoms with E-state index in [-0.39, 0.29) is 4.88 Å². The number of carbonyl (C=O) groups excluding carboxylic acids is 1. The van der Waals surface area contributed by atoms with E-state index in [0.29, 0.717) is 0 Å². The fraction of sp³-hybridized carbons (Fsp3) is 0. The van der Waals surface area contributed by atoms with Crippen LogP contribution in [0, 0.1) is 11.6 Å². The molecule has 0 unspecified atom stereocenters. The fourth-order valence-electron chi connectivity index (χ4n) is 2.09. The third-order valence-corrected chi connectivity index (χ3v) is 4.32. The van der Waals surface area contributed by atoms with Crippen molar-refractivity contribution in [1.29, 1.82) is 0 Å². The molecule has 0 amide bonds. The average Bonchev–Trinajstić information content (AvgIpc) is 3.02. The van der Waals surface area contributed by atoms with E-state index >= 15 is 0 Å². The number of halogens is 2. The first kappa shape index (κ1) is 14.4. The molecule has 2 nitrogen and oxygen atoms in total. The predicted octanol–water partition coefficient (Wildman–Crippen LogP) is 4.63. The van der Waals surface area contributed by atoms with Gasteiger partial charge in [0.2, 0.25) is 5.78 Å². The molecule has 0 saturated heterocycles. The second kappa shape index (κ2) is 5.69. The number of phenols is 1. The molecule has 110 valence electrons. The molecule has 0 aliphatic rings. The molecule has 5 heteroatoms. The van der Waals surface area contributed by atoms with Gasteiger partial charge in [-0.25, -0.2) is 8.78 Å². The zero-order valence-corrected chi connectivity index (χ0v) is 12.0. The Morgan fingerprint density at radius 3 is 2.41 bits per heavy atom. The quantitative estimate of drug-likeness (QED) is 0.715. The first-order valence-electron chi connectivity index (χ1n) is 6.45. The molecular weight excluding hydrogens is 306 g/mol. The molecule has 2 aromatic carbocycles. The summed E-state index contributed by atoms with van der Waals surface area (Å²) in [5.41, 5.74) is 0.185. The summed E-state index contributed by atoms with van der Waals surface area (Å²) in [5.74, 6) is -3.75. The average molecular weight is 316 g/mol. The summed E-state index contributed by atoms with van der Waals surface area (Å²) in [7, 11) is 0. The summed E-state index contributed by atoms with van der Waals surface area (Å²) >= 11 is 1.15. The van der Waals surface area contributed by atoms with Crippen molar-refractivity contribution in [1.82, 2.24) is 0 Å². The van der Waals surface area contributed by atoms with Crippen molar-refractivity contribution in [2.45, 2.75) is 0 Å². The number of thiophene rings is 1. The third-order valence-electron chi connectivity index (χ3n) is 3.19. The molecule has 0 aliphatic carbocycles. The lowest BCUT2D eigenvalue weighted by molar-refractivity contribution is 0.103. The van der Waals surface area contributed by atoms with Crippen LogP contribution in [0.1, 0.15) is 15.2 Å². The van der Waals surface area contributed by atoms with Gasteiger partial charge in [-0.2, -0.15) is 0 Å². The van der Waals surface area contributed by atoms with Gasteiger partial charge in [-0.05, 0) is 29.8 Å². The van der Waals surface area contributed by atoms with Crippen molar-refractivity contribution < 1.29 is 18.7 Å². The van der Waals surface area contributed by atoms with Crippen LogP contribution in [-0.2, 0) is 0 Å². The number of rotatable bonds is 3. The fourth-order valence-corrected chi connectivity index (χ4v) is 3.05. The van der Waals surface area contributed by atoms with E-state index in [9.17, 15) is 18.7 Å². The summed E-state index contributed by atoms with van der Waals surface area (Å²) < 4.78 is 27.6. The molecule has 0 spiro atoms. The van der Waals surface area contributed by atoms with E-state index in [4.69, 9.17) is 0 Å². The van der Waals surface area contributed by atoms with Crippen LogP contribution in [0.15, 0.2) is 54.6 Å². The zero-order chi connectivity index (χ0) is 15.7. The van der Waals surface area contributed by atoms with E-state index in [2.05, 4.69) is 0 Å². The lowest BCUT2D eigenvalue weighted by Crippen LogP contribution is -2.05. The number of phenolic OH excluding ortho intramolecular Hbond substituents is 1. The molecule has 0 atom stereocenters. The first-order chi connectivity index (χ1) is 10.6. The van der Waals surface area contributed by atoms with Crippen molar-refractivity contribution in [3.8, 4) is 16.2 Å². The van der Waals surface area contributed by atoms with Crippen LogP contribution >= 0.6 is 11.3 Å². The van der Waals surface area contributed by atoms with Crippen molar-refractivity contribution >= 4 is 17.1 Å². The largest absolute Gasteiger partial charge is 0.505 e. The Bertz CT molecular complexity index is 841. The Balaban J connectivity index is 2.01. The zero-order valence-electron chi connectivity index (χ0n) is 11.2. The lowest BCUT2D eigenvalue weighted by atomic mass is 10.1. The monoisotopic (exact) mass is 316 g/mol. The van der Waals surface area contributed by atoms with E-state index in [0.717, 1.165) is 33.9 Å². The Morgan fingerprint density at radius 1 is 0.955 bits per heavy atom. The minimum atomic E-state index is -1.24. The number of ketones is 1. The number of benzene rings is 2. The van der Waals surface area contributed by atoms with Crippen LogP contribution < -0.4 is 0 Å². The molecule has 1 N–H and O–H groups in total. The van der Waals surface area contributed by atoms with Crippen molar-refractivity contribution in [3.63, 3.8) is 0 Å². The lowest BCUT2D eigenvalue weighted by Gasteiger charge is -2.04. The maximum atomic E-state index is 13.8. The summed E-state index contributed by atoms with van der Waals surface area (Å²) in [4.78, 5) is 13.3. The first-order valence-corrected chi connectivity index (χ1v) is 7.26. The van der Waals surface area contributed by atoms with E-state index in [1.165, 1.54) is 6.07 Å². The van der Waals surface area contributed by atoms with Gasteiger partial charge in [0.15, 0.2) is 11.6 Å². The minimum absolute atomic E-state index is 0.210. The van der Waals surface area contributed by atoms with Gasteiger partial charge in [0.25, 0.3) is 0 Å². The standard InChI is InChI=1S/C17H10F2O2S/c18-11-6-7-12(20)16(19)15(11)17(21)14-9-8-13(22-14)10-4-2-1-3-5-10/h1-9,20H. The van der Waals surface area contributed by atoms with Gasteiger partial charge in [-0.1, -0.05) is 30.3 Å². The van der Waals surface area contributed by atoms with Gasteiger partial charge in [-0.3, -0.25) is 4.79 Å². The molecule has 3 rings (SSSR count). The van der Waals surface area contributed by atoms with Crippen LogP contribution in [0.5, 0.6) is 5.75 Å². The molecule has 1 heterocycles. The van der Waals surface area contributed by atoms with Gasteiger partial charge in [0.05, 0.1) is 10.4 Å². The summed E-state index contributed by atoms with van der Waals surface area (Å²) in [6.07, 6.45) is 0. The van der Waals surface area contributed by atoms with Crippen molar-refractivity contribution in [2.75, 3.05) is 0 Å². The Morgan fingerprint density at radius 2 is 1.68 bits per heavy atom. The third kappa shape index (κ3) is 2.51. The normalized spacial score (nSPS) is 10.6. The maximum absolute atomic E-state index is 13.8. The summed E-state index contributed by atoms with van der Waals surface area (Å²) in [6, 6.07) is 14.4. The van der Waals surface area contributed by atoms with E-state index in [1.807, 2.05) is 30.3 Å². The minimum Gasteiger partial charge on any atom is -0.505 e. The predicted molar refractivity (Wildman–Crippen MR) is 81.2 cm³/mol. The second-order valence-electron chi connectivity index (χ2n) is 4.61. The number of carbonyl (C=O) groups is 1. The topological polar surface area (TPSA) is 37.3 Å². The molecule has 3 aromatic rings. The highest BCUT2D eigenvalue weighted by molar-refractivity contribution is 7.17. The molecule has 22 heavy (non-hydrogen) atoms. The summed E-state index contributed by atoms with van der Waals surface area (Å²) in [6.45, 7) is 0. The Hall–Kier alpha value is -2.53. The second-order valence-corrected chi connectivity index (χ2v) is 5.70. The Labute approximate surface area is 129 Å². The van der Waals surface area contributed by atoms with Crippen LogP contribution in [0.4, 0.5) is 8.78 Å². The maximum Gasteiger partial charge on any atom is 0.209 e. The smallest absolute Gasteiger partial charge is 0.209 e. The van der Waals surface area contributed by atoms with Crippen molar-refractivity contribution in [3.05, 3.63) is 76.7 Å². The van der Waals surface area contributed by atoms with Gasteiger partial charge in [0.1, 0.15) is 5.82 Å². The molecule has 0 aliphatic heterocycles. The van der Waals surface area contributed by atoms with Gasteiger partial charge >= 0.3 is 0 Å². The Kier molecular flexibility index (Phi) is 3.73.